The summed E-state index contributed by atoms with van der Waals surface area (Å²) >= 11 is 0. The molecule has 0 aromatic carbocycles. The average molecular weight is 276 g/mol. The first-order valence-corrected chi connectivity index (χ1v) is 8.17. The van der Waals surface area contributed by atoms with Crippen molar-refractivity contribution in [2.24, 2.45) is 5.73 Å². The number of ether oxygens (including phenoxy) is 1. The summed E-state index contributed by atoms with van der Waals surface area (Å²) < 4.78 is 28.8. The predicted octanol–water partition coefficient (Wildman–Crippen LogP) is 0.125. The molecule has 1 atom stereocenters. The maximum atomic E-state index is 11.9. The highest BCUT2D eigenvalue weighted by atomic mass is 32.2. The Morgan fingerprint density at radius 2 is 2.17 bits per heavy atom. The summed E-state index contributed by atoms with van der Waals surface area (Å²) in [5, 5.41) is 0. The molecule has 1 unspecified atom stereocenters. The van der Waals surface area contributed by atoms with Gasteiger partial charge in [-0.3, -0.25) is 0 Å². The maximum absolute atomic E-state index is 11.9. The summed E-state index contributed by atoms with van der Waals surface area (Å²) in [6.45, 7) is 1.68. The molecule has 7 heteroatoms. The number of amides is 1. The highest BCUT2D eigenvalue weighted by molar-refractivity contribution is 7.91. The summed E-state index contributed by atoms with van der Waals surface area (Å²) in [6, 6.07) is 0. The molecule has 2 heterocycles. The Bertz CT molecular complexity index is 423. The third-order valence-electron chi connectivity index (χ3n) is 3.60. The van der Waals surface area contributed by atoms with Gasteiger partial charge in [-0.15, -0.1) is 0 Å². The molecule has 2 N–H and O–H groups in total. The van der Waals surface area contributed by atoms with Crippen molar-refractivity contribution in [2.45, 2.75) is 31.3 Å². The lowest BCUT2D eigenvalue weighted by molar-refractivity contribution is -0.0415. The minimum atomic E-state index is -3.06. The van der Waals surface area contributed by atoms with Crippen LogP contribution in [0.3, 0.4) is 0 Å². The van der Waals surface area contributed by atoms with E-state index in [4.69, 9.17) is 10.5 Å². The normalized spacial score (nSPS) is 31.4. The Morgan fingerprint density at radius 3 is 2.78 bits per heavy atom. The molecule has 0 aromatic rings. The minimum absolute atomic E-state index is 0.0174. The fourth-order valence-corrected chi connectivity index (χ4v) is 4.53. The second-order valence-electron chi connectivity index (χ2n) is 5.13. The van der Waals surface area contributed by atoms with Crippen molar-refractivity contribution in [3.8, 4) is 0 Å². The maximum Gasteiger partial charge on any atom is 0.410 e. The van der Waals surface area contributed by atoms with Crippen LogP contribution in [0.2, 0.25) is 0 Å². The molecular weight excluding hydrogens is 256 g/mol. The summed E-state index contributed by atoms with van der Waals surface area (Å²) in [5.74, 6) is 0.194. The van der Waals surface area contributed by atoms with Crippen LogP contribution in [-0.2, 0) is 14.6 Å². The number of rotatable bonds is 3. The summed E-state index contributed by atoms with van der Waals surface area (Å²) in [6.07, 6.45) is 2.18. The highest BCUT2D eigenvalue weighted by Crippen LogP contribution is 2.33. The Kier molecular flexibility index (Phi) is 3.82. The fraction of sp³-hybridized carbons (Fsp3) is 0.909. The number of hydrogen-bond donors (Lipinski definition) is 1. The van der Waals surface area contributed by atoms with E-state index in [0.29, 0.717) is 38.9 Å². The SMILES string of the molecule is NCCCN1CCC2(CCCS(=O)(=O)C2)OC1=O. The van der Waals surface area contributed by atoms with E-state index in [-0.39, 0.29) is 11.5 Å². The van der Waals surface area contributed by atoms with Crippen molar-refractivity contribution in [3.63, 3.8) is 0 Å². The number of nitrogens with zero attached hydrogens (tertiary/aromatic N) is 1. The molecule has 2 saturated heterocycles. The molecule has 2 rings (SSSR count). The van der Waals surface area contributed by atoms with Crippen LogP contribution in [0.4, 0.5) is 4.79 Å². The first kappa shape index (κ1) is 13.6. The van der Waals surface area contributed by atoms with Crippen LogP contribution in [0, 0.1) is 0 Å². The smallest absolute Gasteiger partial charge is 0.410 e. The zero-order valence-corrected chi connectivity index (χ0v) is 11.2. The molecule has 0 radical (unpaired) electrons. The van der Waals surface area contributed by atoms with Crippen molar-refractivity contribution in [1.29, 1.82) is 0 Å². The van der Waals surface area contributed by atoms with Crippen LogP contribution in [-0.4, -0.2) is 56.2 Å². The quantitative estimate of drug-likeness (QED) is 0.791. The van der Waals surface area contributed by atoms with E-state index in [9.17, 15) is 13.2 Å². The van der Waals surface area contributed by atoms with E-state index < -0.39 is 21.5 Å². The highest BCUT2D eigenvalue weighted by Gasteiger charge is 2.45. The van der Waals surface area contributed by atoms with Gasteiger partial charge in [0, 0.05) is 19.5 Å². The lowest BCUT2D eigenvalue weighted by Gasteiger charge is -2.42. The molecule has 2 fully saturated rings. The molecule has 6 nitrogen and oxygen atoms in total. The van der Waals surface area contributed by atoms with Crippen molar-refractivity contribution >= 4 is 15.9 Å². The second kappa shape index (κ2) is 5.05. The van der Waals surface area contributed by atoms with Crippen LogP contribution in [0.25, 0.3) is 0 Å². The van der Waals surface area contributed by atoms with Gasteiger partial charge < -0.3 is 15.4 Å². The average Bonchev–Trinajstić information content (AvgIpc) is 2.26. The standard InChI is InChI=1S/C11H20N2O4S/c12-5-2-6-13-7-4-11(17-10(13)14)3-1-8-18(15,16)9-11/h1-9,12H2. The van der Waals surface area contributed by atoms with E-state index in [1.165, 1.54) is 0 Å². The predicted molar refractivity (Wildman–Crippen MR) is 67.0 cm³/mol. The third-order valence-corrected chi connectivity index (χ3v) is 5.48. The molecule has 0 aliphatic carbocycles. The largest absolute Gasteiger partial charge is 0.442 e. The number of carbonyl (C=O) groups is 1. The van der Waals surface area contributed by atoms with Crippen LogP contribution in [0.5, 0.6) is 0 Å². The summed E-state index contributed by atoms with van der Waals surface area (Å²) in [5.41, 5.74) is 4.63. The lowest BCUT2D eigenvalue weighted by atomic mass is 9.94. The van der Waals surface area contributed by atoms with E-state index in [0.717, 1.165) is 6.42 Å². The van der Waals surface area contributed by atoms with Gasteiger partial charge >= 0.3 is 6.09 Å². The van der Waals surface area contributed by atoms with E-state index in [1.54, 1.807) is 4.90 Å². The summed E-state index contributed by atoms with van der Waals surface area (Å²) in [7, 11) is -3.06. The van der Waals surface area contributed by atoms with Gasteiger partial charge in [-0.05, 0) is 25.8 Å². The van der Waals surface area contributed by atoms with Crippen molar-refractivity contribution < 1.29 is 17.9 Å². The van der Waals surface area contributed by atoms with Gasteiger partial charge in [0.15, 0.2) is 9.84 Å². The molecule has 104 valence electrons. The first-order chi connectivity index (χ1) is 8.46. The first-order valence-electron chi connectivity index (χ1n) is 6.35. The van der Waals surface area contributed by atoms with E-state index in [2.05, 4.69) is 0 Å². The van der Waals surface area contributed by atoms with Crippen molar-refractivity contribution in [3.05, 3.63) is 0 Å². The zero-order valence-electron chi connectivity index (χ0n) is 10.4. The van der Waals surface area contributed by atoms with Gasteiger partial charge in [-0.1, -0.05) is 0 Å². The van der Waals surface area contributed by atoms with E-state index in [1.807, 2.05) is 0 Å². The van der Waals surface area contributed by atoms with Crippen molar-refractivity contribution in [2.75, 3.05) is 31.1 Å². The molecule has 1 amide bonds. The van der Waals surface area contributed by atoms with Crippen LogP contribution in [0.1, 0.15) is 25.7 Å². The Hall–Kier alpha value is -0.820. The zero-order chi connectivity index (χ0) is 13.2. The molecule has 0 bridgehead atoms. The van der Waals surface area contributed by atoms with Crippen molar-refractivity contribution in [1.82, 2.24) is 4.90 Å². The minimum Gasteiger partial charge on any atom is -0.442 e. The third kappa shape index (κ3) is 2.95. The summed E-state index contributed by atoms with van der Waals surface area (Å²) in [4.78, 5) is 13.5. The van der Waals surface area contributed by atoms with Gasteiger partial charge in [0.2, 0.25) is 0 Å². The lowest BCUT2D eigenvalue weighted by Crippen LogP contribution is -2.55. The van der Waals surface area contributed by atoms with Gasteiger partial charge in [-0.2, -0.15) is 0 Å². The van der Waals surface area contributed by atoms with Crippen LogP contribution in [0.15, 0.2) is 0 Å². The second-order valence-corrected chi connectivity index (χ2v) is 7.31. The fourth-order valence-electron chi connectivity index (χ4n) is 2.65. The molecule has 0 aromatic heterocycles. The molecule has 0 saturated carbocycles. The number of nitrogens with two attached hydrogens (primary N) is 1. The Morgan fingerprint density at radius 1 is 1.39 bits per heavy atom. The monoisotopic (exact) mass is 276 g/mol. The molecule has 1 spiro atoms. The molecular formula is C11H20N2O4S. The van der Waals surface area contributed by atoms with Gasteiger partial charge in [0.25, 0.3) is 0 Å². The van der Waals surface area contributed by atoms with E-state index >= 15 is 0 Å². The van der Waals surface area contributed by atoms with Gasteiger partial charge in [-0.25, -0.2) is 13.2 Å². The van der Waals surface area contributed by atoms with Crippen LogP contribution < -0.4 is 5.73 Å². The Labute approximate surface area is 107 Å². The van der Waals surface area contributed by atoms with Gasteiger partial charge in [0.05, 0.1) is 11.5 Å². The topological polar surface area (TPSA) is 89.7 Å². The number of sulfone groups is 1. The molecule has 18 heavy (non-hydrogen) atoms. The van der Waals surface area contributed by atoms with Gasteiger partial charge in [0.1, 0.15) is 5.60 Å². The van der Waals surface area contributed by atoms with Crippen LogP contribution >= 0.6 is 0 Å². The number of carbonyl (C=O) groups excluding carboxylic acids is 1. The molecule has 2 aliphatic rings. The Balaban J connectivity index is 2.00. The number of hydrogen-bond acceptors (Lipinski definition) is 5. The molecule has 2 aliphatic heterocycles.